The Labute approximate surface area is 124 Å². The smallest absolute Gasteiger partial charge is 0.305 e. The highest BCUT2D eigenvalue weighted by Gasteiger charge is 2.18. The molecule has 0 fully saturated rings. The first-order valence-electron chi connectivity index (χ1n) is 6.10. The van der Waals surface area contributed by atoms with Gasteiger partial charge in [-0.1, -0.05) is 23.7 Å². The van der Waals surface area contributed by atoms with E-state index in [2.05, 4.69) is 4.74 Å². The molecule has 5 nitrogen and oxygen atoms in total. The van der Waals surface area contributed by atoms with Crippen LogP contribution in [0.4, 0.5) is 0 Å². The van der Waals surface area contributed by atoms with Gasteiger partial charge in [-0.2, -0.15) is 0 Å². The Morgan fingerprint density at radius 3 is 2.70 bits per heavy atom. The van der Waals surface area contributed by atoms with Crippen LogP contribution in [-0.4, -0.2) is 38.6 Å². The Morgan fingerprint density at radius 2 is 2.10 bits per heavy atom. The normalized spacial score (nSPS) is 11.6. The number of ether oxygens (including phenoxy) is 1. The summed E-state index contributed by atoms with van der Waals surface area (Å²) in [7, 11) is -0.605. The predicted octanol–water partition coefficient (Wildman–Crippen LogP) is 2.05. The molecule has 0 unspecified atom stereocenters. The van der Waals surface area contributed by atoms with E-state index < -0.39 is 16.0 Å². The number of hydrogen-bond acceptors (Lipinski definition) is 4. The molecule has 0 aliphatic carbocycles. The molecule has 0 saturated heterocycles. The zero-order valence-electron chi connectivity index (χ0n) is 11.5. The van der Waals surface area contributed by atoms with Gasteiger partial charge in [-0.3, -0.25) is 4.79 Å². The minimum absolute atomic E-state index is 0.0842. The Hall–Kier alpha value is -1.11. The number of carbonyl (C=O) groups excluding carboxylic acids is 1. The predicted molar refractivity (Wildman–Crippen MR) is 78.0 cm³/mol. The van der Waals surface area contributed by atoms with Crippen molar-refractivity contribution in [3.63, 3.8) is 0 Å². The minimum atomic E-state index is -3.39. The van der Waals surface area contributed by atoms with Crippen LogP contribution in [-0.2, 0) is 26.1 Å². The summed E-state index contributed by atoms with van der Waals surface area (Å²) in [6.45, 7) is 0.251. The van der Waals surface area contributed by atoms with Crippen molar-refractivity contribution < 1.29 is 17.9 Å². The molecule has 0 atom stereocenters. The van der Waals surface area contributed by atoms with E-state index in [1.54, 1.807) is 18.2 Å². The Balaban J connectivity index is 2.56. The van der Waals surface area contributed by atoms with Crippen molar-refractivity contribution in [2.75, 3.05) is 19.9 Å². The maximum Gasteiger partial charge on any atom is 0.305 e. The summed E-state index contributed by atoms with van der Waals surface area (Å²) in [6.07, 6.45) is 0.343. The number of sulfonamides is 1. The van der Waals surface area contributed by atoms with Crippen LogP contribution in [0, 0.1) is 0 Å². The summed E-state index contributed by atoms with van der Waals surface area (Å²) in [6, 6.07) is 7.04. The molecule has 0 aromatic heterocycles. The molecular weight excluding hydrogens is 302 g/mol. The molecule has 1 rings (SSSR count). The van der Waals surface area contributed by atoms with Gasteiger partial charge in [-0.05, 0) is 24.1 Å². The van der Waals surface area contributed by atoms with Crippen LogP contribution >= 0.6 is 11.6 Å². The van der Waals surface area contributed by atoms with Crippen LogP contribution in [0.25, 0.3) is 0 Å². The molecule has 0 heterocycles. The number of methoxy groups -OCH3 is 1. The zero-order chi connectivity index (χ0) is 15.2. The molecule has 7 heteroatoms. The SMILES string of the molecule is COC(=O)CCCS(=O)(=O)N(C)Cc1cccc(Cl)c1. The second-order valence-corrected chi connectivity index (χ2v) is 7.01. The van der Waals surface area contributed by atoms with E-state index in [-0.39, 0.29) is 25.1 Å². The molecular formula is C13H18ClNO4S. The highest BCUT2D eigenvalue weighted by Crippen LogP contribution is 2.14. The van der Waals surface area contributed by atoms with Crippen molar-refractivity contribution in [1.29, 1.82) is 0 Å². The second kappa shape index (κ2) is 7.61. The lowest BCUT2D eigenvalue weighted by Gasteiger charge is -2.17. The highest BCUT2D eigenvalue weighted by molar-refractivity contribution is 7.89. The fraction of sp³-hybridized carbons (Fsp3) is 0.462. The lowest BCUT2D eigenvalue weighted by molar-refractivity contribution is -0.140. The highest BCUT2D eigenvalue weighted by atomic mass is 35.5. The fourth-order valence-corrected chi connectivity index (χ4v) is 3.03. The molecule has 20 heavy (non-hydrogen) atoms. The van der Waals surface area contributed by atoms with E-state index >= 15 is 0 Å². The molecule has 0 bridgehead atoms. The van der Waals surface area contributed by atoms with Crippen molar-refractivity contribution in [1.82, 2.24) is 4.31 Å². The standard InChI is InChI=1S/C13H18ClNO4S/c1-15(10-11-5-3-6-12(14)9-11)20(17,18)8-4-7-13(16)19-2/h3,5-6,9H,4,7-8,10H2,1-2H3. The number of esters is 1. The summed E-state index contributed by atoms with van der Waals surface area (Å²) in [5.41, 5.74) is 0.816. The number of nitrogens with zero attached hydrogens (tertiary/aromatic N) is 1. The number of benzene rings is 1. The summed E-state index contributed by atoms with van der Waals surface area (Å²) in [5.74, 6) is -0.489. The van der Waals surface area contributed by atoms with Gasteiger partial charge >= 0.3 is 5.97 Å². The van der Waals surface area contributed by atoms with E-state index in [1.807, 2.05) is 6.07 Å². The van der Waals surface area contributed by atoms with Crippen molar-refractivity contribution in [2.45, 2.75) is 19.4 Å². The third-order valence-electron chi connectivity index (χ3n) is 2.78. The van der Waals surface area contributed by atoms with E-state index in [0.717, 1.165) is 5.56 Å². The third kappa shape index (κ3) is 5.48. The van der Waals surface area contributed by atoms with Crippen LogP contribution in [0.5, 0.6) is 0 Å². The summed E-state index contributed by atoms with van der Waals surface area (Å²) in [4.78, 5) is 11.0. The molecule has 0 N–H and O–H groups in total. The van der Waals surface area contributed by atoms with Gasteiger partial charge in [0.05, 0.1) is 12.9 Å². The van der Waals surface area contributed by atoms with Crippen LogP contribution in [0.15, 0.2) is 24.3 Å². The van der Waals surface area contributed by atoms with Crippen molar-refractivity contribution in [2.24, 2.45) is 0 Å². The van der Waals surface area contributed by atoms with Crippen LogP contribution in [0.3, 0.4) is 0 Å². The second-order valence-electron chi connectivity index (χ2n) is 4.38. The first kappa shape index (κ1) is 16.9. The van der Waals surface area contributed by atoms with Crippen molar-refractivity contribution >= 4 is 27.6 Å². The molecule has 1 aromatic rings. The first-order valence-corrected chi connectivity index (χ1v) is 8.09. The number of hydrogen-bond donors (Lipinski definition) is 0. The first-order chi connectivity index (χ1) is 9.35. The zero-order valence-corrected chi connectivity index (χ0v) is 13.1. The quantitative estimate of drug-likeness (QED) is 0.722. The van der Waals surface area contributed by atoms with E-state index in [9.17, 15) is 13.2 Å². The average molecular weight is 320 g/mol. The van der Waals surface area contributed by atoms with Gasteiger partial charge in [0, 0.05) is 25.0 Å². The van der Waals surface area contributed by atoms with Crippen LogP contribution in [0.2, 0.25) is 5.02 Å². The molecule has 0 spiro atoms. The van der Waals surface area contributed by atoms with Crippen molar-refractivity contribution in [3.8, 4) is 0 Å². The topological polar surface area (TPSA) is 63.7 Å². The van der Waals surface area contributed by atoms with Crippen LogP contribution in [0.1, 0.15) is 18.4 Å². The fourth-order valence-electron chi connectivity index (χ4n) is 1.65. The Bertz CT molecular complexity index is 559. The van der Waals surface area contributed by atoms with Crippen molar-refractivity contribution in [3.05, 3.63) is 34.9 Å². The third-order valence-corrected chi connectivity index (χ3v) is 4.90. The van der Waals surface area contributed by atoms with Gasteiger partial charge in [0.1, 0.15) is 0 Å². The maximum atomic E-state index is 12.0. The summed E-state index contributed by atoms with van der Waals surface area (Å²) < 4.78 is 29.8. The maximum absolute atomic E-state index is 12.0. The van der Waals surface area contributed by atoms with Gasteiger partial charge in [0.25, 0.3) is 0 Å². The molecule has 112 valence electrons. The molecule has 0 aliphatic heterocycles. The van der Waals surface area contributed by atoms with Crippen LogP contribution < -0.4 is 0 Å². The Kier molecular flexibility index (Phi) is 6.45. The Morgan fingerprint density at radius 1 is 1.40 bits per heavy atom. The molecule has 0 aliphatic rings. The lowest BCUT2D eigenvalue weighted by Crippen LogP contribution is -2.29. The molecule has 0 amide bonds. The largest absolute Gasteiger partial charge is 0.469 e. The number of rotatable bonds is 7. The summed E-state index contributed by atoms with van der Waals surface area (Å²) in [5, 5.41) is 0.569. The van der Waals surface area contributed by atoms with Gasteiger partial charge < -0.3 is 4.74 Å². The van der Waals surface area contributed by atoms with Gasteiger partial charge in [-0.25, -0.2) is 12.7 Å². The molecule has 1 aromatic carbocycles. The van der Waals surface area contributed by atoms with E-state index in [1.165, 1.54) is 18.5 Å². The summed E-state index contributed by atoms with van der Waals surface area (Å²) >= 11 is 5.86. The molecule has 0 saturated carbocycles. The van der Waals surface area contributed by atoms with Gasteiger partial charge in [-0.15, -0.1) is 0 Å². The monoisotopic (exact) mass is 319 g/mol. The van der Waals surface area contributed by atoms with Gasteiger partial charge in [0.2, 0.25) is 10.0 Å². The number of carbonyl (C=O) groups is 1. The number of halogens is 1. The minimum Gasteiger partial charge on any atom is -0.469 e. The van der Waals surface area contributed by atoms with Gasteiger partial charge in [0.15, 0.2) is 0 Å². The lowest BCUT2D eigenvalue weighted by atomic mass is 10.2. The van der Waals surface area contributed by atoms with E-state index in [0.29, 0.717) is 5.02 Å². The average Bonchev–Trinajstić information content (AvgIpc) is 2.38. The van der Waals surface area contributed by atoms with E-state index in [4.69, 9.17) is 11.6 Å². The molecule has 0 radical (unpaired) electrons.